The maximum absolute atomic E-state index is 13.0. The standard InChI is InChI=1S/C25H28N4O4/c1-16-7-4-8-18(13-16)23-27-22(33-28-23)15-29-12-6-9-19(14-29)24(30)26-21-11-5-10-20(17(21)2)25(31)32-3/h4-5,7-8,10-11,13,19H,6,9,12,14-15H2,1-3H3,(H,26,30). The molecule has 1 aliphatic heterocycles. The van der Waals surface area contributed by atoms with Crippen LogP contribution in [0.1, 0.15) is 40.2 Å². The van der Waals surface area contributed by atoms with E-state index in [1.54, 1.807) is 25.1 Å². The van der Waals surface area contributed by atoms with Gasteiger partial charge in [-0.2, -0.15) is 4.98 Å². The van der Waals surface area contributed by atoms with Gasteiger partial charge in [-0.15, -0.1) is 0 Å². The van der Waals surface area contributed by atoms with Crippen LogP contribution in [0.4, 0.5) is 5.69 Å². The molecule has 0 radical (unpaired) electrons. The van der Waals surface area contributed by atoms with E-state index in [0.29, 0.717) is 41.6 Å². The Kier molecular flexibility index (Phi) is 6.84. The Hall–Kier alpha value is -3.52. The van der Waals surface area contributed by atoms with E-state index >= 15 is 0 Å². The lowest BCUT2D eigenvalue weighted by atomic mass is 9.96. The Morgan fingerprint density at radius 2 is 2.03 bits per heavy atom. The summed E-state index contributed by atoms with van der Waals surface area (Å²) < 4.78 is 10.3. The van der Waals surface area contributed by atoms with Gasteiger partial charge in [-0.1, -0.05) is 35.0 Å². The van der Waals surface area contributed by atoms with Crippen molar-refractivity contribution in [2.24, 2.45) is 5.92 Å². The highest BCUT2D eigenvalue weighted by atomic mass is 16.5. The first kappa shape index (κ1) is 22.7. The Bertz CT molecular complexity index is 1160. The predicted molar refractivity (Wildman–Crippen MR) is 124 cm³/mol. The van der Waals surface area contributed by atoms with Gasteiger partial charge in [0.25, 0.3) is 0 Å². The molecular weight excluding hydrogens is 420 g/mol. The molecule has 1 aliphatic rings. The molecule has 172 valence electrons. The highest BCUT2D eigenvalue weighted by molar-refractivity contribution is 5.97. The first-order valence-corrected chi connectivity index (χ1v) is 11.1. The van der Waals surface area contributed by atoms with E-state index in [1.807, 2.05) is 31.2 Å². The quantitative estimate of drug-likeness (QED) is 0.570. The van der Waals surface area contributed by atoms with Gasteiger partial charge in [0.1, 0.15) is 0 Å². The fourth-order valence-electron chi connectivity index (χ4n) is 4.16. The third-order valence-corrected chi connectivity index (χ3v) is 5.98. The smallest absolute Gasteiger partial charge is 0.338 e. The molecule has 3 aromatic rings. The van der Waals surface area contributed by atoms with Crippen LogP contribution in [-0.4, -0.2) is 47.1 Å². The van der Waals surface area contributed by atoms with E-state index in [-0.39, 0.29) is 11.8 Å². The van der Waals surface area contributed by atoms with Crippen LogP contribution in [0, 0.1) is 19.8 Å². The van der Waals surface area contributed by atoms with Crippen LogP contribution in [-0.2, 0) is 16.1 Å². The summed E-state index contributed by atoms with van der Waals surface area (Å²) in [6.45, 7) is 5.79. The van der Waals surface area contributed by atoms with Crippen LogP contribution in [0.15, 0.2) is 47.0 Å². The zero-order valence-corrected chi connectivity index (χ0v) is 19.1. The van der Waals surface area contributed by atoms with Crippen molar-refractivity contribution >= 4 is 17.6 Å². The number of ether oxygens (including phenoxy) is 1. The summed E-state index contributed by atoms with van der Waals surface area (Å²) >= 11 is 0. The zero-order valence-electron chi connectivity index (χ0n) is 19.1. The average molecular weight is 449 g/mol. The summed E-state index contributed by atoms with van der Waals surface area (Å²) in [6, 6.07) is 13.2. The van der Waals surface area contributed by atoms with Crippen LogP contribution in [0.3, 0.4) is 0 Å². The number of aromatic nitrogens is 2. The molecular formula is C25H28N4O4. The molecule has 0 saturated carbocycles. The number of nitrogens with zero attached hydrogens (tertiary/aromatic N) is 3. The Morgan fingerprint density at radius 1 is 1.21 bits per heavy atom. The van der Waals surface area contributed by atoms with Gasteiger partial charge in [-0.3, -0.25) is 9.69 Å². The van der Waals surface area contributed by atoms with Crippen molar-refractivity contribution < 1.29 is 18.8 Å². The second-order valence-electron chi connectivity index (χ2n) is 8.41. The van der Waals surface area contributed by atoms with Crippen molar-refractivity contribution in [2.75, 3.05) is 25.5 Å². The number of esters is 1. The third kappa shape index (κ3) is 5.28. The normalized spacial score (nSPS) is 16.4. The molecule has 1 amide bonds. The van der Waals surface area contributed by atoms with Gasteiger partial charge in [-0.25, -0.2) is 4.79 Å². The summed E-state index contributed by atoms with van der Waals surface area (Å²) in [7, 11) is 1.34. The van der Waals surface area contributed by atoms with Gasteiger partial charge in [-0.05, 0) is 57.0 Å². The van der Waals surface area contributed by atoms with Gasteiger partial charge in [0.05, 0.1) is 25.1 Å². The van der Waals surface area contributed by atoms with E-state index in [0.717, 1.165) is 30.5 Å². The summed E-state index contributed by atoms with van der Waals surface area (Å²) in [6.07, 6.45) is 1.70. The molecule has 1 aromatic heterocycles. The number of methoxy groups -OCH3 is 1. The number of carbonyl (C=O) groups is 2. The van der Waals surface area contributed by atoms with E-state index < -0.39 is 5.97 Å². The lowest BCUT2D eigenvalue weighted by Crippen LogP contribution is -2.40. The minimum atomic E-state index is -0.419. The maximum Gasteiger partial charge on any atom is 0.338 e. The highest BCUT2D eigenvalue weighted by Gasteiger charge is 2.27. The van der Waals surface area contributed by atoms with Crippen molar-refractivity contribution in [3.63, 3.8) is 0 Å². The van der Waals surface area contributed by atoms with Crippen LogP contribution < -0.4 is 5.32 Å². The van der Waals surface area contributed by atoms with Crippen molar-refractivity contribution in [1.29, 1.82) is 0 Å². The second-order valence-corrected chi connectivity index (χ2v) is 8.41. The number of carbonyl (C=O) groups excluding carboxylic acids is 2. The van der Waals surface area contributed by atoms with Crippen molar-refractivity contribution in [3.8, 4) is 11.4 Å². The van der Waals surface area contributed by atoms with Gasteiger partial charge >= 0.3 is 5.97 Å². The van der Waals surface area contributed by atoms with Gasteiger partial charge in [0.2, 0.25) is 17.6 Å². The van der Waals surface area contributed by atoms with E-state index in [1.165, 1.54) is 7.11 Å². The zero-order chi connectivity index (χ0) is 23.4. The lowest BCUT2D eigenvalue weighted by Gasteiger charge is -2.31. The van der Waals surface area contributed by atoms with E-state index in [2.05, 4.69) is 20.4 Å². The lowest BCUT2D eigenvalue weighted by molar-refractivity contribution is -0.121. The Balaban J connectivity index is 1.39. The van der Waals surface area contributed by atoms with Crippen LogP contribution in [0.5, 0.6) is 0 Å². The van der Waals surface area contributed by atoms with Crippen molar-refractivity contribution in [2.45, 2.75) is 33.2 Å². The molecule has 1 atom stereocenters. The molecule has 0 aliphatic carbocycles. The number of hydrogen-bond acceptors (Lipinski definition) is 7. The van der Waals surface area contributed by atoms with Crippen molar-refractivity contribution in [1.82, 2.24) is 15.0 Å². The molecule has 1 fully saturated rings. The minimum Gasteiger partial charge on any atom is -0.465 e. The Labute approximate surface area is 192 Å². The van der Waals surface area contributed by atoms with Crippen molar-refractivity contribution in [3.05, 3.63) is 65.0 Å². The van der Waals surface area contributed by atoms with Crippen LogP contribution >= 0.6 is 0 Å². The number of piperidine rings is 1. The predicted octanol–water partition coefficient (Wildman–Crippen LogP) is 3.99. The van der Waals surface area contributed by atoms with E-state index in [4.69, 9.17) is 9.26 Å². The van der Waals surface area contributed by atoms with E-state index in [9.17, 15) is 9.59 Å². The highest BCUT2D eigenvalue weighted by Crippen LogP contribution is 2.24. The summed E-state index contributed by atoms with van der Waals surface area (Å²) in [5, 5.41) is 7.10. The largest absolute Gasteiger partial charge is 0.465 e. The number of rotatable bonds is 6. The number of amides is 1. The second kappa shape index (κ2) is 9.95. The average Bonchev–Trinajstić information content (AvgIpc) is 3.28. The van der Waals surface area contributed by atoms with Gasteiger partial charge < -0.3 is 14.6 Å². The molecule has 33 heavy (non-hydrogen) atoms. The number of likely N-dealkylation sites (tertiary alicyclic amines) is 1. The molecule has 1 saturated heterocycles. The number of nitrogens with one attached hydrogen (secondary N) is 1. The SMILES string of the molecule is COC(=O)c1cccc(NC(=O)C2CCCN(Cc3nc(-c4cccc(C)c4)no3)C2)c1C. The van der Waals surface area contributed by atoms with Gasteiger partial charge in [0.15, 0.2) is 0 Å². The Morgan fingerprint density at radius 3 is 2.82 bits per heavy atom. The molecule has 8 heteroatoms. The third-order valence-electron chi connectivity index (χ3n) is 5.98. The molecule has 1 N–H and O–H groups in total. The molecule has 1 unspecified atom stereocenters. The topological polar surface area (TPSA) is 97.6 Å². The summed E-state index contributed by atoms with van der Waals surface area (Å²) in [4.78, 5) is 31.6. The fraction of sp³-hybridized carbons (Fsp3) is 0.360. The number of hydrogen-bond donors (Lipinski definition) is 1. The number of aryl methyl sites for hydroxylation is 1. The van der Waals surface area contributed by atoms with Crippen LogP contribution in [0.25, 0.3) is 11.4 Å². The van der Waals surface area contributed by atoms with Crippen LogP contribution in [0.2, 0.25) is 0 Å². The number of benzene rings is 2. The summed E-state index contributed by atoms with van der Waals surface area (Å²) in [5.41, 5.74) is 3.82. The monoisotopic (exact) mass is 448 g/mol. The number of anilines is 1. The maximum atomic E-state index is 13.0. The molecule has 8 nitrogen and oxygen atoms in total. The minimum absolute atomic E-state index is 0.0594. The first-order chi connectivity index (χ1) is 15.9. The molecule has 2 aromatic carbocycles. The molecule has 0 bridgehead atoms. The molecule has 4 rings (SSSR count). The fourth-order valence-corrected chi connectivity index (χ4v) is 4.16. The molecule has 2 heterocycles. The molecule has 0 spiro atoms. The summed E-state index contributed by atoms with van der Waals surface area (Å²) in [5.74, 6) is 0.460. The first-order valence-electron chi connectivity index (χ1n) is 11.1. The van der Waals surface area contributed by atoms with Gasteiger partial charge in [0, 0.05) is 17.8 Å².